The average molecular weight is 322 g/mol. The van der Waals surface area contributed by atoms with E-state index in [0.717, 1.165) is 37.7 Å². The van der Waals surface area contributed by atoms with Gasteiger partial charge in [-0.1, -0.05) is 41.5 Å². The van der Waals surface area contributed by atoms with E-state index < -0.39 is 0 Å². The van der Waals surface area contributed by atoms with Gasteiger partial charge in [0.15, 0.2) is 11.5 Å². The van der Waals surface area contributed by atoms with E-state index in [9.17, 15) is 15.3 Å². The Balaban J connectivity index is 2.92. The molecule has 132 valence electrons. The van der Waals surface area contributed by atoms with Crippen molar-refractivity contribution < 1.29 is 15.3 Å². The Kier molecular flexibility index (Phi) is 6.38. The third kappa shape index (κ3) is 6.72. The molecule has 0 unspecified atom stereocenters. The maximum atomic E-state index is 10.2. The zero-order chi connectivity index (χ0) is 17.8. The molecule has 0 aliphatic carbocycles. The molecule has 0 atom stereocenters. The van der Waals surface area contributed by atoms with Gasteiger partial charge in [-0.25, -0.2) is 0 Å². The van der Waals surface area contributed by atoms with Gasteiger partial charge in [0, 0.05) is 17.2 Å². The van der Waals surface area contributed by atoms with Crippen LogP contribution in [0.15, 0.2) is 6.07 Å². The predicted molar refractivity (Wildman–Crippen MR) is 96.2 cm³/mol. The third-order valence-electron chi connectivity index (χ3n) is 4.18. The molecule has 3 N–H and O–H groups in total. The van der Waals surface area contributed by atoms with Gasteiger partial charge in [0.25, 0.3) is 0 Å². The molecular formula is C20H34O3. The van der Waals surface area contributed by atoms with E-state index in [-0.39, 0.29) is 28.1 Å². The Morgan fingerprint density at radius 2 is 1.13 bits per heavy atom. The standard InChI is InChI=1S/C20H34O3/c1-19(2,3)11-7-9-14-15(10-8-12-20(4,5)6)18(23)17(22)13-16(14)21/h13,21-23H,7-12H2,1-6H3. The summed E-state index contributed by atoms with van der Waals surface area (Å²) in [5.41, 5.74) is 1.99. The lowest BCUT2D eigenvalue weighted by atomic mass is 9.86. The average Bonchev–Trinajstić information content (AvgIpc) is 2.35. The summed E-state index contributed by atoms with van der Waals surface area (Å²) in [5, 5.41) is 30.3. The summed E-state index contributed by atoms with van der Waals surface area (Å²) in [6.07, 6.45) is 5.36. The molecule has 0 heterocycles. The predicted octanol–water partition coefficient (Wildman–Crippen LogP) is 5.54. The minimum atomic E-state index is -0.229. The molecular weight excluding hydrogens is 288 g/mol. The van der Waals surface area contributed by atoms with Gasteiger partial charge in [-0.05, 0) is 49.4 Å². The van der Waals surface area contributed by atoms with Gasteiger partial charge in [-0.2, -0.15) is 0 Å². The van der Waals surface area contributed by atoms with Gasteiger partial charge < -0.3 is 15.3 Å². The minimum absolute atomic E-state index is 0.0672. The highest BCUT2D eigenvalue weighted by molar-refractivity contribution is 5.55. The van der Waals surface area contributed by atoms with Gasteiger partial charge in [-0.3, -0.25) is 0 Å². The van der Waals surface area contributed by atoms with Crippen LogP contribution in [0.25, 0.3) is 0 Å². The van der Waals surface area contributed by atoms with Crippen molar-refractivity contribution in [2.75, 3.05) is 0 Å². The van der Waals surface area contributed by atoms with E-state index in [1.165, 1.54) is 6.07 Å². The maximum Gasteiger partial charge on any atom is 0.161 e. The Morgan fingerprint density at radius 3 is 1.57 bits per heavy atom. The zero-order valence-corrected chi connectivity index (χ0v) is 15.7. The first kappa shape index (κ1) is 19.7. The molecule has 0 bridgehead atoms. The topological polar surface area (TPSA) is 60.7 Å². The lowest BCUT2D eigenvalue weighted by Crippen LogP contribution is -2.07. The fourth-order valence-corrected chi connectivity index (χ4v) is 2.88. The first-order valence-corrected chi connectivity index (χ1v) is 8.66. The summed E-state index contributed by atoms with van der Waals surface area (Å²) in [6.45, 7) is 13.2. The first-order valence-electron chi connectivity index (χ1n) is 8.66. The van der Waals surface area contributed by atoms with E-state index in [4.69, 9.17) is 0 Å². The molecule has 0 fully saturated rings. The molecule has 1 aromatic carbocycles. The summed E-state index contributed by atoms with van der Waals surface area (Å²) >= 11 is 0. The fourth-order valence-electron chi connectivity index (χ4n) is 2.88. The highest BCUT2D eigenvalue weighted by Gasteiger charge is 2.19. The second-order valence-corrected chi connectivity index (χ2v) is 9.05. The van der Waals surface area contributed by atoms with Gasteiger partial charge in [0.05, 0.1) is 0 Å². The largest absolute Gasteiger partial charge is 0.508 e. The van der Waals surface area contributed by atoms with Crippen LogP contribution in [0.2, 0.25) is 0 Å². The van der Waals surface area contributed by atoms with Crippen LogP contribution in [-0.4, -0.2) is 15.3 Å². The van der Waals surface area contributed by atoms with Crippen LogP contribution >= 0.6 is 0 Å². The summed E-state index contributed by atoms with van der Waals surface area (Å²) in [6, 6.07) is 1.26. The van der Waals surface area contributed by atoms with E-state index in [1.807, 2.05) is 0 Å². The van der Waals surface area contributed by atoms with Crippen molar-refractivity contribution in [1.82, 2.24) is 0 Å². The molecule has 0 saturated carbocycles. The zero-order valence-electron chi connectivity index (χ0n) is 15.7. The molecule has 0 aliphatic rings. The van der Waals surface area contributed by atoms with Crippen LogP contribution in [0.3, 0.4) is 0 Å². The van der Waals surface area contributed by atoms with Crippen LogP contribution < -0.4 is 0 Å². The highest BCUT2D eigenvalue weighted by atomic mass is 16.3. The number of hydrogen-bond acceptors (Lipinski definition) is 3. The maximum absolute atomic E-state index is 10.2. The van der Waals surface area contributed by atoms with Crippen LogP contribution in [0, 0.1) is 10.8 Å². The molecule has 0 radical (unpaired) electrons. The lowest BCUT2D eigenvalue weighted by Gasteiger charge is -2.21. The second-order valence-electron chi connectivity index (χ2n) is 9.05. The highest BCUT2D eigenvalue weighted by Crippen LogP contribution is 2.40. The molecule has 0 amide bonds. The Labute approximate surface area is 141 Å². The number of aromatic hydroxyl groups is 3. The second kappa shape index (κ2) is 7.46. The number of phenols is 3. The lowest BCUT2D eigenvalue weighted by molar-refractivity contribution is 0.355. The van der Waals surface area contributed by atoms with Crippen molar-refractivity contribution in [3.8, 4) is 17.2 Å². The van der Waals surface area contributed by atoms with E-state index in [0.29, 0.717) is 12.0 Å². The summed E-state index contributed by atoms with van der Waals surface area (Å²) < 4.78 is 0. The molecule has 0 aromatic heterocycles. The third-order valence-corrected chi connectivity index (χ3v) is 4.18. The Morgan fingerprint density at radius 1 is 0.696 bits per heavy atom. The van der Waals surface area contributed by atoms with E-state index >= 15 is 0 Å². The van der Waals surface area contributed by atoms with Crippen molar-refractivity contribution >= 4 is 0 Å². The molecule has 1 aromatic rings. The van der Waals surface area contributed by atoms with Crippen LogP contribution in [0.4, 0.5) is 0 Å². The van der Waals surface area contributed by atoms with Crippen molar-refractivity contribution in [2.45, 2.75) is 80.1 Å². The van der Waals surface area contributed by atoms with Crippen molar-refractivity contribution in [1.29, 1.82) is 0 Å². The SMILES string of the molecule is CC(C)(C)CCCc1c(O)cc(O)c(O)c1CCCC(C)(C)C. The monoisotopic (exact) mass is 322 g/mol. The number of hydrogen-bond donors (Lipinski definition) is 3. The molecule has 23 heavy (non-hydrogen) atoms. The van der Waals surface area contributed by atoms with Gasteiger partial charge >= 0.3 is 0 Å². The minimum Gasteiger partial charge on any atom is -0.508 e. The number of rotatable bonds is 6. The quantitative estimate of drug-likeness (QED) is 0.476. The van der Waals surface area contributed by atoms with Crippen molar-refractivity contribution in [3.63, 3.8) is 0 Å². The number of phenolic OH excluding ortho intramolecular Hbond substituents is 3. The molecule has 0 aliphatic heterocycles. The van der Waals surface area contributed by atoms with E-state index in [1.54, 1.807) is 0 Å². The smallest absolute Gasteiger partial charge is 0.161 e. The summed E-state index contributed by atoms with van der Waals surface area (Å²) in [4.78, 5) is 0. The van der Waals surface area contributed by atoms with Gasteiger partial charge in [0.2, 0.25) is 0 Å². The molecule has 3 heteroatoms. The summed E-state index contributed by atoms with van der Waals surface area (Å²) in [5.74, 6) is -0.199. The van der Waals surface area contributed by atoms with Crippen molar-refractivity contribution in [2.24, 2.45) is 10.8 Å². The van der Waals surface area contributed by atoms with Crippen LogP contribution in [0.1, 0.15) is 78.4 Å². The molecule has 3 nitrogen and oxygen atoms in total. The molecule has 0 spiro atoms. The first-order chi connectivity index (χ1) is 10.4. The Hall–Kier alpha value is -1.38. The molecule has 0 saturated heterocycles. The normalized spacial score (nSPS) is 12.6. The van der Waals surface area contributed by atoms with Crippen LogP contribution in [-0.2, 0) is 12.8 Å². The Bertz CT molecular complexity index is 519. The van der Waals surface area contributed by atoms with Crippen LogP contribution in [0.5, 0.6) is 17.2 Å². The van der Waals surface area contributed by atoms with Gasteiger partial charge in [0.1, 0.15) is 5.75 Å². The fraction of sp³-hybridized carbons (Fsp3) is 0.700. The van der Waals surface area contributed by atoms with Gasteiger partial charge in [-0.15, -0.1) is 0 Å². The molecule has 1 rings (SSSR count). The summed E-state index contributed by atoms with van der Waals surface area (Å²) in [7, 11) is 0. The van der Waals surface area contributed by atoms with Crippen molar-refractivity contribution in [3.05, 3.63) is 17.2 Å². The number of benzene rings is 1. The van der Waals surface area contributed by atoms with E-state index in [2.05, 4.69) is 41.5 Å².